The minimum atomic E-state index is -0.568. The lowest BCUT2D eigenvalue weighted by Crippen LogP contribution is -2.33. The van der Waals surface area contributed by atoms with Crippen molar-refractivity contribution in [3.05, 3.63) is 38.2 Å². The van der Waals surface area contributed by atoms with Crippen LogP contribution in [0.4, 0.5) is 0 Å². The Balaban J connectivity index is 2.53. The largest absolute Gasteiger partial charge is 0.352 e. The highest BCUT2D eigenvalue weighted by atomic mass is 16.2. The first-order valence-electron chi connectivity index (χ1n) is 9.86. The third-order valence-corrected chi connectivity index (χ3v) is 4.57. The first-order valence-corrected chi connectivity index (χ1v) is 9.86. The van der Waals surface area contributed by atoms with E-state index in [-0.39, 0.29) is 28.4 Å². The van der Waals surface area contributed by atoms with E-state index in [9.17, 15) is 14.4 Å². The van der Waals surface area contributed by atoms with Crippen LogP contribution >= 0.6 is 0 Å². The number of unbranched alkanes of at least 4 members (excludes halogenated alkanes) is 3. The average Bonchev–Trinajstić information content (AvgIpc) is 2.63. The van der Waals surface area contributed by atoms with Crippen LogP contribution in [-0.4, -0.2) is 27.0 Å². The maximum atomic E-state index is 12.8. The van der Waals surface area contributed by atoms with Crippen LogP contribution in [0.15, 0.2) is 15.7 Å². The molecule has 148 valence electrons. The van der Waals surface area contributed by atoms with Crippen molar-refractivity contribution in [2.45, 2.75) is 72.3 Å². The third-order valence-electron chi connectivity index (χ3n) is 4.57. The molecule has 7 nitrogen and oxygen atoms in total. The topological polar surface area (TPSA) is 96.8 Å². The first kappa shape index (κ1) is 20.9. The Kier molecular flexibility index (Phi) is 7.33. The predicted molar refractivity (Wildman–Crippen MR) is 107 cm³/mol. The molecular formula is C20H30N4O3. The van der Waals surface area contributed by atoms with Crippen molar-refractivity contribution in [1.82, 2.24) is 19.9 Å². The van der Waals surface area contributed by atoms with E-state index in [4.69, 9.17) is 0 Å². The van der Waals surface area contributed by atoms with Crippen molar-refractivity contribution < 1.29 is 4.79 Å². The molecule has 27 heavy (non-hydrogen) atoms. The van der Waals surface area contributed by atoms with Crippen LogP contribution in [0.5, 0.6) is 0 Å². The van der Waals surface area contributed by atoms with Gasteiger partial charge in [-0.1, -0.05) is 47.0 Å². The molecule has 2 aromatic heterocycles. The molecular weight excluding hydrogens is 344 g/mol. The van der Waals surface area contributed by atoms with Gasteiger partial charge in [0, 0.05) is 18.8 Å². The van der Waals surface area contributed by atoms with Crippen molar-refractivity contribution in [1.29, 1.82) is 0 Å². The Morgan fingerprint density at radius 3 is 2.56 bits per heavy atom. The molecule has 2 aromatic rings. The summed E-state index contributed by atoms with van der Waals surface area (Å²) in [5, 5.41) is 3.08. The van der Waals surface area contributed by atoms with Crippen molar-refractivity contribution >= 4 is 16.9 Å². The molecule has 0 unspecified atom stereocenters. The molecule has 0 aliphatic heterocycles. The van der Waals surface area contributed by atoms with Gasteiger partial charge in [-0.15, -0.1) is 0 Å². The van der Waals surface area contributed by atoms with Gasteiger partial charge in [-0.25, -0.2) is 9.78 Å². The summed E-state index contributed by atoms with van der Waals surface area (Å²) in [5.74, 6) is -0.233. The minimum absolute atomic E-state index is 0.0648. The SMILES string of the molecule is CCCCCCNC(=O)c1cc(C(C)C)nc2c1c(=O)[nH]c(=O)n2CCC. The number of hydrogen-bond acceptors (Lipinski definition) is 4. The molecule has 0 aliphatic carbocycles. The number of aromatic amines is 1. The zero-order valence-electron chi connectivity index (χ0n) is 16.7. The van der Waals surface area contributed by atoms with Crippen LogP contribution in [0.25, 0.3) is 11.0 Å². The molecule has 7 heteroatoms. The van der Waals surface area contributed by atoms with Crippen molar-refractivity contribution in [3.63, 3.8) is 0 Å². The number of amides is 1. The van der Waals surface area contributed by atoms with Crippen LogP contribution in [-0.2, 0) is 6.54 Å². The van der Waals surface area contributed by atoms with Crippen molar-refractivity contribution in [3.8, 4) is 0 Å². The Morgan fingerprint density at radius 1 is 1.19 bits per heavy atom. The van der Waals surface area contributed by atoms with Gasteiger partial charge in [0.1, 0.15) is 0 Å². The van der Waals surface area contributed by atoms with Gasteiger partial charge in [-0.2, -0.15) is 0 Å². The normalized spacial score (nSPS) is 11.3. The number of carbonyl (C=O) groups is 1. The highest BCUT2D eigenvalue weighted by Gasteiger charge is 2.20. The first-order chi connectivity index (χ1) is 12.9. The molecule has 0 aromatic carbocycles. The molecule has 2 heterocycles. The number of fused-ring (bicyclic) bond motifs is 1. The second-order valence-electron chi connectivity index (χ2n) is 7.18. The van der Waals surface area contributed by atoms with E-state index in [1.54, 1.807) is 6.07 Å². The van der Waals surface area contributed by atoms with E-state index in [0.717, 1.165) is 25.7 Å². The Labute approximate surface area is 159 Å². The number of H-pyrrole nitrogens is 1. The van der Waals surface area contributed by atoms with Gasteiger partial charge in [0.25, 0.3) is 11.5 Å². The van der Waals surface area contributed by atoms with Gasteiger partial charge in [0.15, 0.2) is 5.65 Å². The molecule has 0 saturated heterocycles. The molecule has 2 N–H and O–H groups in total. The summed E-state index contributed by atoms with van der Waals surface area (Å²) in [6.07, 6.45) is 4.94. The summed E-state index contributed by atoms with van der Waals surface area (Å²) in [7, 11) is 0. The van der Waals surface area contributed by atoms with Crippen LogP contribution < -0.4 is 16.6 Å². The maximum absolute atomic E-state index is 12.8. The number of rotatable bonds is 9. The Bertz CT molecular complexity index is 912. The summed E-state index contributed by atoms with van der Waals surface area (Å²) in [6.45, 7) is 9.01. The van der Waals surface area contributed by atoms with Crippen molar-refractivity contribution in [2.75, 3.05) is 6.54 Å². The molecule has 0 atom stereocenters. The molecule has 0 aliphatic rings. The minimum Gasteiger partial charge on any atom is -0.352 e. The fourth-order valence-electron chi connectivity index (χ4n) is 3.05. The molecule has 0 bridgehead atoms. The van der Waals surface area contributed by atoms with Crippen LogP contribution in [0.2, 0.25) is 0 Å². The monoisotopic (exact) mass is 374 g/mol. The Morgan fingerprint density at radius 2 is 1.93 bits per heavy atom. The summed E-state index contributed by atoms with van der Waals surface area (Å²) in [6, 6.07) is 1.67. The van der Waals surface area contributed by atoms with Crippen LogP contribution in [0.3, 0.4) is 0 Å². The quantitative estimate of drug-likeness (QED) is 0.660. The van der Waals surface area contributed by atoms with E-state index >= 15 is 0 Å². The standard InChI is InChI=1S/C20H30N4O3/c1-5-7-8-9-10-21-18(25)14-12-15(13(3)4)22-17-16(14)19(26)23-20(27)24(17)11-6-2/h12-13H,5-11H2,1-4H3,(H,21,25)(H,23,26,27). The fraction of sp³-hybridized carbons (Fsp3) is 0.600. The fourth-order valence-corrected chi connectivity index (χ4v) is 3.05. The maximum Gasteiger partial charge on any atom is 0.329 e. The number of pyridine rings is 1. The van der Waals surface area contributed by atoms with Gasteiger partial charge < -0.3 is 5.32 Å². The third kappa shape index (κ3) is 4.84. The number of hydrogen-bond donors (Lipinski definition) is 2. The zero-order chi connectivity index (χ0) is 20.0. The lowest BCUT2D eigenvalue weighted by atomic mass is 10.0. The van der Waals surface area contributed by atoms with Gasteiger partial charge in [-0.05, 0) is 24.8 Å². The van der Waals surface area contributed by atoms with Gasteiger partial charge in [0.2, 0.25) is 0 Å². The van der Waals surface area contributed by atoms with E-state index in [0.29, 0.717) is 25.2 Å². The van der Waals surface area contributed by atoms with Crippen molar-refractivity contribution in [2.24, 2.45) is 0 Å². The van der Waals surface area contributed by atoms with Crippen LogP contribution in [0, 0.1) is 0 Å². The average molecular weight is 374 g/mol. The highest BCUT2D eigenvalue weighted by Crippen LogP contribution is 2.19. The second-order valence-corrected chi connectivity index (χ2v) is 7.18. The van der Waals surface area contributed by atoms with E-state index in [1.165, 1.54) is 4.57 Å². The smallest absolute Gasteiger partial charge is 0.329 e. The molecule has 0 saturated carbocycles. The highest BCUT2D eigenvalue weighted by molar-refractivity contribution is 6.05. The van der Waals surface area contributed by atoms with E-state index in [2.05, 4.69) is 22.2 Å². The number of nitrogens with zero attached hydrogens (tertiary/aromatic N) is 2. The molecule has 0 radical (unpaired) electrons. The molecule has 0 fully saturated rings. The predicted octanol–water partition coefficient (Wildman–Crippen LogP) is 2.93. The number of aryl methyl sites for hydroxylation is 1. The van der Waals surface area contributed by atoms with E-state index in [1.807, 2.05) is 20.8 Å². The number of aromatic nitrogens is 3. The summed E-state index contributed by atoms with van der Waals surface area (Å²) < 4.78 is 1.45. The molecule has 0 spiro atoms. The lowest BCUT2D eigenvalue weighted by molar-refractivity contribution is 0.0954. The zero-order valence-corrected chi connectivity index (χ0v) is 16.7. The van der Waals surface area contributed by atoms with Gasteiger partial charge in [0.05, 0.1) is 10.9 Å². The summed E-state index contributed by atoms with van der Waals surface area (Å²) in [5.41, 5.74) is 0.196. The summed E-state index contributed by atoms with van der Waals surface area (Å²) in [4.78, 5) is 44.4. The van der Waals surface area contributed by atoms with E-state index < -0.39 is 11.2 Å². The van der Waals surface area contributed by atoms with Gasteiger partial charge in [-0.3, -0.25) is 19.1 Å². The Hall–Kier alpha value is -2.44. The molecule has 1 amide bonds. The number of carbonyl (C=O) groups excluding carboxylic acids is 1. The lowest BCUT2D eigenvalue weighted by Gasteiger charge is -2.14. The van der Waals surface area contributed by atoms with Crippen LogP contribution in [0.1, 0.15) is 81.8 Å². The second kappa shape index (κ2) is 9.48. The molecule has 2 rings (SSSR count). The summed E-state index contributed by atoms with van der Waals surface area (Å²) >= 11 is 0. The van der Waals surface area contributed by atoms with Gasteiger partial charge >= 0.3 is 5.69 Å². The number of nitrogens with one attached hydrogen (secondary N) is 2.